The van der Waals surface area contributed by atoms with Crippen LogP contribution < -0.4 is 0 Å². The zero-order valence-corrected chi connectivity index (χ0v) is 10.2. The van der Waals surface area contributed by atoms with Crippen molar-refractivity contribution >= 4 is 17.6 Å². The maximum Gasteiger partial charge on any atom is 0.416 e. The van der Waals surface area contributed by atoms with E-state index >= 15 is 0 Å². The molecular weight excluding hydrogens is 269 g/mol. The first kappa shape index (κ1) is 14.8. The van der Waals surface area contributed by atoms with Crippen molar-refractivity contribution in [1.82, 2.24) is 0 Å². The molecule has 0 spiro atoms. The van der Waals surface area contributed by atoms with Gasteiger partial charge in [0.05, 0.1) is 5.56 Å². The van der Waals surface area contributed by atoms with Crippen molar-refractivity contribution in [3.05, 3.63) is 34.3 Å². The van der Waals surface area contributed by atoms with E-state index in [2.05, 4.69) is 0 Å². The molecule has 0 heterocycles. The molecule has 0 fully saturated rings. The number of hydrogen-bond acceptors (Lipinski definition) is 1. The normalized spacial score (nSPS) is 11.6. The molecule has 0 aliphatic heterocycles. The molecule has 0 saturated heterocycles. The Balaban J connectivity index is 2.67. The number of aryl methyl sites for hydroxylation is 1. The molecule has 2 nitrogen and oxygen atoms in total. The average Bonchev–Trinajstić information content (AvgIpc) is 2.24. The summed E-state index contributed by atoms with van der Waals surface area (Å²) in [6.07, 6.45) is -3.12. The van der Waals surface area contributed by atoms with Crippen LogP contribution in [0.2, 0.25) is 5.02 Å². The molecule has 0 aromatic heterocycles. The molecule has 0 aliphatic rings. The monoisotopic (exact) mass is 280 g/mol. The molecule has 0 amide bonds. The number of carboxylic acid groups (broad SMARTS) is 1. The summed E-state index contributed by atoms with van der Waals surface area (Å²) in [6.45, 7) is 0. The van der Waals surface area contributed by atoms with Crippen molar-refractivity contribution in [1.29, 1.82) is 0 Å². The van der Waals surface area contributed by atoms with Crippen molar-refractivity contribution in [2.75, 3.05) is 0 Å². The third kappa shape index (κ3) is 4.56. The molecule has 0 bridgehead atoms. The summed E-state index contributed by atoms with van der Waals surface area (Å²) in [5.41, 5.74) is -0.336. The number of rotatable bonds is 5. The second-order valence-electron chi connectivity index (χ2n) is 3.90. The van der Waals surface area contributed by atoms with Gasteiger partial charge < -0.3 is 5.11 Å². The van der Waals surface area contributed by atoms with Crippen LogP contribution in [0.4, 0.5) is 13.2 Å². The number of hydrogen-bond donors (Lipinski definition) is 1. The van der Waals surface area contributed by atoms with Gasteiger partial charge in [0.25, 0.3) is 0 Å². The fourth-order valence-electron chi connectivity index (χ4n) is 1.53. The van der Waals surface area contributed by atoms with Gasteiger partial charge in [-0.1, -0.05) is 11.6 Å². The Hall–Kier alpha value is -1.23. The largest absolute Gasteiger partial charge is 0.481 e. The third-order valence-corrected chi connectivity index (χ3v) is 2.83. The highest BCUT2D eigenvalue weighted by Crippen LogP contribution is 2.32. The standard InChI is InChI=1S/C12H12ClF3O2/c13-10-6-5-9(12(14,15)16)7-8(10)3-1-2-4-11(17)18/h5-7H,1-4H2,(H,17,18). The lowest BCUT2D eigenvalue weighted by atomic mass is 10.0. The average molecular weight is 281 g/mol. The lowest BCUT2D eigenvalue weighted by Crippen LogP contribution is -2.05. The molecule has 6 heteroatoms. The van der Waals surface area contributed by atoms with Crippen molar-refractivity contribution in [3.8, 4) is 0 Å². The van der Waals surface area contributed by atoms with E-state index in [0.29, 0.717) is 24.8 Å². The molecule has 1 aromatic carbocycles. The van der Waals surface area contributed by atoms with E-state index in [1.807, 2.05) is 0 Å². The molecule has 18 heavy (non-hydrogen) atoms. The molecule has 1 N–H and O–H groups in total. The molecule has 1 rings (SSSR count). The number of carboxylic acids is 1. The van der Waals surface area contributed by atoms with Crippen LogP contribution in [0.15, 0.2) is 18.2 Å². The van der Waals surface area contributed by atoms with Gasteiger partial charge >= 0.3 is 12.1 Å². The van der Waals surface area contributed by atoms with Crippen LogP contribution in [0.1, 0.15) is 30.4 Å². The quantitative estimate of drug-likeness (QED) is 0.823. The SMILES string of the molecule is O=C(O)CCCCc1cc(C(F)(F)F)ccc1Cl. The number of carbonyl (C=O) groups is 1. The van der Waals surface area contributed by atoms with Gasteiger partial charge in [-0.3, -0.25) is 4.79 Å². The molecule has 100 valence electrons. The van der Waals surface area contributed by atoms with Gasteiger partial charge in [0.1, 0.15) is 0 Å². The van der Waals surface area contributed by atoms with Gasteiger partial charge in [-0.05, 0) is 43.0 Å². The predicted octanol–water partition coefficient (Wildman–Crippen LogP) is 4.16. The maximum atomic E-state index is 12.5. The second kappa shape index (κ2) is 6.09. The van der Waals surface area contributed by atoms with E-state index in [0.717, 1.165) is 12.1 Å². The fourth-order valence-corrected chi connectivity index (χ4v) is 1.75. The minimum atomic E-state index is -4.39. The first-order valence-corrected chi connectivity index (χ1v) is 5.76. The molecular formula is C12H12ClF3O2. The van der Waals surface area contributed by atoms with Crippen molar-refractivity contribution in [3.63, 3.8) is 0 Å². The summed E-state index contributed by atoms with van der Waals surface area (Å²) in [6, 6.07) is 3.17. The number of aliphatic carboxylic acids is 1. The van der Waals surface area contributed by atoms with Gasteiger partial charge in [0.15, 0.2) is 0 Å². The summed E-state index contributed by atoms with van der Waals surface area (Å²) in [7, 11) is 0. The first-order valence-electron chi connectivity index (χ1n) is 5.38. The zero-order chi connectivity index (χ0) is 13.8. The van der Waals surface area contributed by atoms with Crippen LogP contribution in [0, 0.1) is 0 Å². The van der Waals surface area contributed by atoms with Gasteiger partial charge in [-0.15, -0.1) is 0 Å². The predicted molar refractivity (Wildman–Crippen MR) is 61.6 cm³/mol. The Morgan fingerprint density at radius 3 is 2.50 bits per heavy atom. The summed E-state index contributed by atoms with van der Waals surface area (Å²) in [5, 5.41) is 8.72. The van der Waals surface area contributed by atoms with Crippen LogP contribution in [-0.4, -0.2) is 11.1 Å². The van der Waals surface area contributed by atoms with E-state index < -0.39 is 17.7 Å². The highest BCUT2D eigenvalue weighted by molar-refractivity contribution is 6.31. The third-order valence-electron chi connectivity index (χ3n) is 2.46. The first-order chi connectivity index (χ1) is 8.30. The van der Waals surface area contributed by atoms with Crippen LogP contribution in [0.5, 0.6) is 0 Å². The van der Waals surface area contributed by atoms with Crippen molar-refractivity contribution in [2.45, 2.75) is 31.9 Å². The van der Waals surface area contributed by atoms with Gasteiger partial charge in [-0.25, -0.2) is 0 Å². The van der Waals surface area contributed by atoms with Crippen molar-refractivity contribution in [2.24, 2.45) is 0 Å². The molecule has 0 aliphatic carbocycles. The molecule has 0 saturated carbocycles. The van der Waals surface area contributed by atoms with Crippen LogP contribution >= 0.6 is 11.6 Å². The minimum absolute atomic E-state index is 0.0105. The molecule has 0 unspecified atom stereocenters. The Labute approximate surface area is 107 Å². The lowest BCUT2D eigenvalue weighted by molar-refractivity contribution is -0.138. The Kier molecular flexibility index (Phi) is 5.02. The molecule has 1 aromatic rings. The van der Waals surface area contributed by atoms with E-state index in [4.69, 9.17) is 16.7 Å². The molecule has 0 radical (unpaired) electrons. The van der Waals surface area contributed by atoms with E-state index in [9.17, 15) is 18.0 Å². The van der Waals surface area contributed by atoms with Crippen LogP contribution in [-0.2, 0) is 17.4 Å². The molecule has 0 atom stereocenters. The highest BCUT2D eigenvalue weighted by Gasteiger charge is 2.30. The number of benzene rings is 1. The highest BCUT2D eigenvalue weighted by atomic mass is 35.5. The van der Waals surface area contributed by atoms with E-state index in [-0.39, 0.29) is 11.4 Å². The summed E-state index contributed by atoms with van der Waals surface area (Å²) < 4.78 is 37.4. The number of unbranched alkanes of at least 4 members (excludes halogenated alkanes) is 1. The number of alkyl halides is 3. The summed E-state index contributed by atoms with van der Waals surface area (Å²) in [5.74, 6) is -0.912. The topological polar surface area (TPSA) is 37.3 Å². The van der Waals surface area contributed by atoms with Gasteiger partial charge in [-0.2, -0.15) is 13.2 Å². The minimum Gasteiger partial charge on any atom is -0.481 e. The number of halogens is 4. The van der Waals surface area contributed by atoms with Crippen molar-refractivity contribution < 1.29 is 23.1 Å². The van der Waals surface area contributed by atoms with E-state index in [1.165, 1.54) is 6.07 Å². The lowest BCUT2D eigenvalue weighted by Gasteiger charge is -2.10. The maximum absolute atomic E-state index is 12.5. The summed E-state index contributed by atoms with van der Waals surface area (Å²) in [4.78, 5) is 10.3. The van der Waals surface area contributed by atoms with Gasteiger partial charge in [0, 0.05) is 11.4 Å². The van der Waals surface area contributed by atoms with Crippen LogP contribution in [0.3, 0.4) is 0 Å². The fraction of sp³-hybridized carbons (Fsp3) is 0.417. The smallest absolute Gasteiger partial charge is 0.416 e. The zero-order valence-electron chi connectivity index (χ0n) is 9.43. The summed E-state index contributed by atoms with van der Waals surface area (Å²) >= 11 is 5.80. The Morgan fingerprint density at radius 2 is 1.94 bits per heavy atom. The second-order valence-corrected chi connectivity index (χ2v) is 4.31. The Morgan fingerprint density at radius 1 is 1.28 bits per heavy atom. The van der Waals surface area contributed by atoms with Gasteiger partial charge in [0.2, 0.25) is 0 Å². The van der Waals surface area contributed by atoms with Crippen LogP contribution in [0.25, 0.3) is 0 Å². The Bertz CT molecular complexity index is 430. The van der Waals surface area contributed by atoms with E-state index in [1.54, 1.807) is 0 Å².